The normalized spacial score (nSPS) is 22.4. The molecule has 0 aliphatic carbocycles. The average Bonchev–Trinajstić information content (AvgIpc) is 3.03. The van der Waals surface area contributed by atoms with Gasteiger partial charge in [0.2, 0.25) is 5.67 Å². The topological polar surface area (TPSA) is 53.7 Å². The highest BCUT2D eigenvalue weighted by Gasteiger charge is 2.46. The van der Waals surface area contributed by atoms with E-state index < -0.39 is 11.6 Å². The standard InChI is InChI=1S/C13H16FN5O/c1-17(2)12(20)13(14)5-7-18(9-13)11-4-3-10-15-6-8-19(10)16-11/h3-4,6,8H,5,7,9H2,1-2H3. The average molecular weight is 277 g/mol. The van der Waals surface area contributed by atoms with Crippen LogP contribution in [0.1, 0.15) is 6.42 Å². The predicted octanol–water partition coefficient (Wildman–Crippen LogP) is 0.736. The van der Waals surface area contributed by atoms with Crippen molar-refractivity contribution in [3.05, 3.63) is 24.5 Å². The first-order valence-corrected chi connectivity index (χ1v) is 6.46. The molecule has 7 heteroatoms. The lowest BCUT2D eigenvalue weighted by atomic mass is 10.0. The second-order valence-electron chi connectivity index (χ2n) is 5.26. The van der Waals surface area contributed by atoms with E-state index in [0.717, 1.165) is 5.65 Å². The molecule has 0 radical (unpaired) electrons. The van der Waals surface area contributed by atoms with Crippen LogP contribution >= 0.6 is 0 Å². The molecule has 2 aromatic rings. The van der Waals surface area contributed by atoms with Crippen molar-refractivity contribution in [1.29, 1.82) is 0 Å². The van der Waals surface area contributed by atoms with Gasteiger partial charge in [-0.1, -0.05) is 0 Å². The Bertz CT molecular complexity index is 655. The van der Waals surface area contributed by atoms with Crippen molar-refractivity contribution < 1.29 is 9.18 Å². The number of rotatable bonds is 2. The largest absolute Gasteiger partial charge is 0.351 e. The predicted molar refractivity (Wildman–Crippen MR) is 72.4 cm³/mol. The number of aromatic nitrogens is 3. The molecule has 1 aliphatic heterocycles. The molecule has 0 N–H and O–H groups in total. The Kier molecular flexibility index (Phi) is 2.84. The highest BCUT2D eigenvalue weighted by Crippen LogP contribution is 2.30. The molecule has 1 amide bonds. The van der Waals surface area contributed by atoms with Crippen LogP contribution in [0.4, 0.5) is 10.2 Å². The molecule has 1 fully saturated rings. The van der Waals surface area contributed by atoms with E-state index in [1.54, 1.807) is 42.0 Å². The number of carbonyl (C=O) groups excluding carboxylic acids is 1. The number of hydrogen-bond donors (Lipinski definition) is 0. The third kappa shape index (κ3) is 1.99. The number of fused-ring (bicyclic) bond motifs is 1. The van der Waals surface area contributed by atoms with Gasteiger partial charge in [-0.15, -0.1) is 5.10 Å². The van der Waals surface area contributed by atoms with Crippen LogP contribution in [-0.2, 0) is 4.79 Å². The molecule has 2 aromatic heterocycles. The van der Waals surface area contributed by atoms with E-state index in [2.05, 4.69) is 10.1 Å². The van der Waals surface area contributed by atoms with E-state index in [9.17, 15) is 9.18 Å². The minimum Gasteiger partial charge on any atom is -0.351 e. The second kappa shape index (κ2) is 4.43. The molecule has 0 saturated carbocycles. The number of carbonyl (C=O) groups is 1. The second-order valence-corrected chi connectivity index (χ2v) is 5.26. The lowest BCUT2D eigenvalue weighted by molar-refractivity contribution is -0.139. The van der Waals surface area contributed by atoms with Crippen LogP contribution in [0.15, 0.2) is 24.5 Å². The summed E-state index contributed by atoms with van der Waals surface area (Å²) >= 11 is 0. The van der Waals surface area contributed by atoms with Gasteiger partial charge < -0.3 is 9.80 Å². The van der Waals surface area contributed by atoms with Crippen molar-refractivity contribution >= 4 is 17.4 Å². The van der Waals surface area contributed by atoms with Gasteiger partial charge in [-0.3, -0.25) is 4.79 Å². The Morgan fingerprint density at radius 3 is 3.00 bits per heavy atom. The fraction of sp³-hybridized carbons (Fsp3) is 0.462. The van der Waals surface area contributed by atoms with Gasteiger partial charge in [0.1, 0.15) is 5.82 Å². The Hall–Kier alpha value is -2.18. The summed E-state index contributed by atoms with van der Waals surface area (Å²) in [6.07, 6.45) is 3.58. The van der Waals surface area contributed by atoms with E-state index in [0.29, 0.717) is 12.4 Å². The van der Waals surface area contributed by atoms with Crippen LogP contribution in [0.5, 0.6) is 0 Å². The number of alkyl halides is 1. The highest BCUT2D eigenvalue weighted by atomic mass is 19.1. The summed E-state index contributed by atoms with van der Waals surface area (Å²) in [5.74, 6) is 0.172. The zero-order valence-electron chi connectivity index (χ0n) is 11.5. The van der Waals surface area contributed by atoms with Gasteiger partial charge >= 0.3 is 0 Å². The van der Waals surface area contributed by atoms with Crippen molar-refractivity contribution in [1.82, 2.24) is 19.5 Å². The highest BCUT2D eigenvalue weighted by molar-refractivity contribution is 5.86. The molecule has 106 valence electrons. The zero-order valence-corrected chi connectivity index (χ0v) is 11.5. The number of halogens is 1. The van der Waals surface area contributed by atoms with Gasteiger partial charge in [-0.2, -0.15) is 0 Å². The summed E-state index contributed by atoms with van der Waals surface area (Å²) in [6, 6.07) is 3.63. The lowest BCUT2D eigenvalue weighted by Crippen LogP contribution is -2.44. The summed E-state index contributed by atoms with van der Waals surface area (Å²) < 4.78 is 16.3. The molecular formula is C13H16FN5O. The van der Waals surface area contributed by atoms with Crippen LogP contribution in [0.3, 0.4) is 0 Å². The van der Waals surface area contributed by atoms with Gasteiger partial charge in [-0.05, 0) is 12.1 Å². The van der Waals surface area contributed by atoms with Crippen LogP contribution in [-0.4, -0.2) is 58.3 Å². The summed E-state index contributed by atoms with van der Waals surface area (Å²) in [4.78, 5) is 19.1. The van der Waals surface area contributed by atoms with Gasteiger partial charge in [0.25, 0.3) is 5.91 Å². The molecule has 1 atom stereocenters. The molecule has 20 heavy (non-hydrogen) atoms. The van der Waals surface area contributed by atoms with E-state index in [1.807, 2.05) is 6.07 Å². The molecule has 6 nitrogen and oxygen atoms in total. The minimum atomic E-state index is -1.82. The van der Waals surface area contributed by atoms with Gasteiger partial charge in [-0.25, -0.2) is 13.9 Å². The van der Waals surface area contributed by atoms with Crippen LogP contribution in [0, 0.1) is 0 Å². The number of anilines is 1. The van der Waals surface area contributed by atoms with Gasteiger partial charge in [0.15, 0.2) is 5.65 Å². The molecule has 1 saturated heterocycles. The zero-order chi connectivity index (χ0) is 14.3. The molecule has 3 rings (SSSR count). The van der Waals surface area contributed by atoms with Crippen LogP contribution in [0.2, 0.25) is 0 Å². The first kappa shape index (κ1) is 12.8. The van der Waals surface area contributed by atoms with E-state index >= 15 is 0 Å². The Morgan fingerprint density at radius 2 is 2.25 bits per heavy atom. The monoisotopic (exact) mass is 277 g/mol. The molecule has 0 spiro atoms. The summed E-state index contributed by atoms with van der Waals surface area (Å²) in [5.41, 5.74) is -1.08. The maximum Gasteiger partial charge on any atom is 0.261 e. The van der Waals surface area contributed by atoms with Crippen molar-refractivity contribution in [2.24, 2.45) is 0 Å². The summed E-state index contributed by atoms with van der Waals surface area (Å²) in [6.45, 7) is 0.514. The molecule has 1 aliphatic rings. The SMILES string of the molecule is CN(C)C(=O)C1(F)CCN(c2ccc3nccn3n2)C1. The minimum absolute atomic E-state index is 0.0389. The van der Waals surface area contributed by atoms with Crippen molar-refractivity contribution in [3.8, 4) is 0 Å². The molecule has 1 unspecified atom stereocenters. The quantitative estimate of drug-likeness (QED) is 0.812. The molecule has 3 heterocycles. The maximum absolute atomic E-state index is 14.7. The lowest BCUT2D eigenvalue weighted by Gasteiger charge is -2.23. The van der Waals surface area contributed by atoms with Crippen molar-refractivity contribution in [2.75, 3.05) is 32.1 Å². The Balaban J connectivity index is 1.84. The summed E-state index contributed by atoms with van der Waals surface area (Å²) in [7, 11) is 3.14. The van der Waals surface area contributed by atoms with E-state index in [-0.39, 0.29) is 13.0 Å². The smallest absolute Gasteiger partial charge is 0.261 e. The number of hydrogen-bond acceptors (Lipinski definition) is 4. The molecule has 0 aromatic carbocycles. The third-order valence-corrected chi connectivity index (χ3v) is 3.57. The first-order valence-electron chi connectivity index (χ1n) is 6.46. The van der Waals surface area contributed by atoms with Crippen LogP contribution < -0.4 is 4.90 Å². The number of nitrogens with zero attached hydrogens (tertiary/aromatic N) is 5. The van der Waals surface area contributed by atoms with Crippen LogP contribution in [0.25, 0.3) is 5.65 Å². The summed E-state index contributed by atoms with van der Waals surface area (Å²) in [5, 5.41) is 4.38. The first-order chi connectivity index (χ1) is 9.49. The van der Waals surface area contributed by atoms with Gasteiger partial charge in [0, 0.05) is 39.5 Å². The van der Waals surface area contributed by atoms with Gasteiger partial charge in [0.05, 0.1) is 6.54 Å². The fourth-order valence-electron chi connectivity index (χ4n) is 2.52. The number of amides is 1. The van der Waals surface area contributed by atoms with Crippen molar-refractivity contribution in [3.63, 3.8) is 0 Å². The molecule has 0 bridgehead atoms. The third-order valence-electron chi connectivity index (χ3n) is 3.57. The number of imidazole rings is 1. The fourth-order valence-corrected chi connectivity index (χ4v) is 2.52. The Labute approximate surface area is 115 Å². The van der Waals surface area contributed by atoms with E-state index in [4.69, 9.17) is 0 Å². The van der Waals surface area contributed by atoms with Crippen molar-refractivity contribution in [2.45, 2.75) is 12.1 Å². The maximum atomic E-state index is 14.7. The molecular weight excluding hydrogens is 261 g/mol. The Morgan fingerprint density at radius 1 is 1.45 bits per heavy atom. The van der Waals surface area contributed by atoms with E-state index in [1.165, 1.54) is 4.90 Å².